The van der Waals surface area contributed by atoms with Gasteiger partial charge in [-0.05, 0) is 25.2 Å². The van der Waals surface area contributed by atoms with Crippen LogP contribution in [-0.2, 0) is 14.3 Å². The van der Waals surface area contributed by atoms with Crippen LogP contribution in [0.3, 0.4) is 0 Å². The van der Waals surface area contributed by atoms with Crippen molar-refractivity contribution in [2.24, 2.45) is 5.92 Å². The number of carboxylic acids is 1. The van der Waals surface area contributed by atoms with Crippen molar-refractivity contribution in [2.45, 2.75) is 32.1 Å². The van der Waals surface area contributed by atoms with Crippen LogP contribution in [0.15, 0.2) is 0 Å². The molecule has 1 saturated carbocycles. The fourth-order valence-electron chi connectivity index (χ4n) is 1.16. The third-order valence-corrected chi connectivity index (χ3v) is 2.14. The third-order valence-electron chi connectivity index (χ3n) is 2.14. The van der Waals surface area contributed by atoms with Crippen molar-refractivity contribution >= 4 is 11.8 Å². The molecular formula is C10H16O4. The Kier molecular flexibility index (Phi) is 4.59. The number of hydrogen-bond donors (Lipinski definition) is 1. The van der Waals surface area contributed by atoms with Gasteiger partial charge in [0.1, 0.15) is 12.2 Å². The van der Waals surface area contributed by atoms with Crippen molar-refractivity contribution in [2.75, 3.05) is 13.2 Å². The first kappa shape index (κ1) is 11.2. The van der Waals surface area contributed by atoms with Gasteiger partial charge < -0.3 is 9.84 Å². The zero-order chi connectivity index (χ0) is 10.4. The first-order valence-corrected chi connectivity index (χ1v) is 4.99. The van der Waals surface area contributed by atoms with E-state index >= 15 is 0 Å². The Bertz CT molecular complexity index is 208. The first-order valence-electron chi connectivity index (χ1n) is 4.99. The molecule has 1 fully saturated rings. The van der Waals surface area contributed by atoms with Gasteiger partial charge in [-0.2, -0.15) is 0 Å². The number of rotatable bonds is 8. The van der Waals surface area contributed by atoms with Gasteiger partial charge in [0.25, 0.3) is 0 Å². The Morgan fingerprint density at radius 2 is 2.07 bits per heavy atom. The molecule has 0 spiro atoms. The van der Waals surface area contributed by atoms with Gasteiger partial charge in [0.05, 0.1) is 0 Å². The van der Waals surface area contributed by atoms with E-state index in [1.165, 1.54) is 12.8 Å². The van der Waals surface area contributed by atoms with Crippen molar-refractivity contribution in [1.82, 2.24) is 0 Å². The van der Waals surface area contributed by atoms with E-state index in [-0.39, 0.29) is 12.2 Å². The molecule has 1 aliphatic rings. The average Bonchev–Trinajstić information content (AvgIpc) is 2.86. The minimum absolute atomic E-state index is 0.215. The lowest BCUT2D eigenvalue weighted by Gasteiger charge is -2.01. The lowest BCUT2D eigenvalue weighted by Crippen LogP contribution is -2.08. The molecule has 0 amide bonds. The van der Waals surface area contributed by atoms with Crippen LogP contribution < -0.4 is 0 Å². The van der Waals surface area contributed by atoms with E-state index in [0.717, 1.165) is 12.5 Å². The van der Waals surface area contributed by atoms with Crippen LogP contribution >= 0.6 is 0 Å². The molecule has 0 unspecified atom stereocenters. The highest BCUT2D eigenvalue weighted by Crippen LogP contribution is 2.28. The molecule has 0 bridgehead atoms. The summed E-state index contributed by atoms with van der Waals surface area (Å²) in [6.45, 7) is 1.37. The van der Waals surface area contributed by atoms with Crippen molar-refractivity contribution in [3.8, 4) is 0 Å². The zero-order valence-corrected chi connectivity index (χ0v) is 8.20. The van der Waals surface area contributed by atoms with Crippen LogP contribution in [0.4, 0.5) is 0 Å². The van der Waals surface area contributed by atoms with Gasteiger partial charge in [-0.3, -0.25) is 9.59 Å². The number of ketones is 1. The Hall–Kier alpha value is -0.900. The number of Topliss-reactive ketones (excluding diaryl/α,β-unsaturated/α-hetero) is 1. The SMILES string of the molecule is O=C(O)CC(=O)CCCOCC1CC1. The summed E-state index contributed by atoms with van der Waals surface area (Å²) in [6, 6.07) is 0. The molecule has 0 radical (unpaired) electrons. The van der Waals surface area contributed by atoms with Crippen LogP contribution in [0.1, 0.15) is 32.1 Å². The molecule has 1 rings (SSSR count). The summed E-state index contributed by atoms with van der Waals surface area (Å²) in [5.41, 5.74) is 0. The highest BCUT2D eigenvalue weighted by atomic mass is 16.5. The minimum atomic E-state index is -1.05. The normalized spacial score (nSPS) is 15.4. The molecule has 0 aromatic heterocycles. The molecule has 0 aliphatic heterocycles. The summed E-state index contributed by atoms with van der Waals surface area (Å²) in [5, 5.41) is 8.32. The van der Waals surface area contributed by atoms with Gasteiger partial charge in [0.2, 0.25) is 0 Å². The van der Waals surface area contributed by atoms with Gasteiger partial charge in [0.15, 0.2) is 0 Å². The smallest absolute Gasteiger partial charge is 0.310 e. The summed E-state index contributed by atoms with van der Waals surface area (Å²) in [4.78, 5) is 21.1. The molecule has 1 N–H and O–H groups in total. The largest absolute Gasteiger partial charge is 0.481 e. The molecule has 4 nitrogen and oxygen atoms in total. The number of carbonyl (C=O) groups excluding carboxylic acids is 1. The molecule has 0 saturated heterocycles. The number of aliphatic carboxylic acids is 1. The Morgan fingerprint density at radius 3 is 2.64 bits per heavy atom. The fraction of sp³-hybridized carbons (Fsp3) is 0.800. The van der Waals surface area contributed by atoms with Crippen molar-refractivity contribution in [3.05, 3.63) is 0 Å². The Labute approximate surface area is 83.2 Å². The fourth-order valence-corrected chi connectivity index (χ4v) is 1.16. The number of ether oxygens (including phenoxy) is 1. The van der Waals surface area contributed by atoms with Gasteiger partial charge in [-0.15, -0.1) is 0 Å². The lowest BCUT2D eigenvalue weighted by molar-refractivity contribution is -0.140. The first-order chi connectivity index (χ1) is 6.68. The zero-order valence-electron chi connectivity index (χ0n) is 8.20. The van der Waals surface area contributed by atoms with Crippen LogP contribution in [0, 0.1) is 5.92 Å². The van der Waals surface area contributed by atoms with Crippen molar-refractivity contribution < 1.29 is 19.4 Å². The molecule has 4 heteroatoms. The monoisotopic (exact) mass is 200 g/mol. The van der Waals surface area contributed by atoms with E-state index < -0.39 is 5.97 Å². The summed E-state index contributed by atoms with van der Waals surface area (Å²) in [6.07, 6.45) is 3.12. The van der Waals surface area contributed by atoms with E-state index in [2.05, 4.69) is 0 Å². The lowest BCUT2D eigenvalue weighted by atomic mass is 10.2. The van der Waals surface area contributed by atoms with Gasteiger partial charge in [-0.25, -0.2) is 0 Å². The highest BCUT2D eigenvalue weighted by Gasteiger charge is 2.20. The molecule has 14 heavy (non-hydrogen) atoms. The maximum atomic E-state index is 10.9. The maximum absolute atomic E-state index is 10.9. The average molecular weight is 200 g/mol. The molecule has 0 heterocycles. The highest BCUT2D eigenvalue weighted by molar-refractivity contribution is 5.94. The molecule has 0 aromatic rings. The van der Waals surface area contributed by atoms with Crippen LogP contribution in [-0.4, -0.2) is 30.1 Å². The summed E-state index contributed by atoms with van der Waals surface area (Å²) >= 11 is 0. The summed E-state index contributed by atoms with van der Waals surface area (Å²) in [7, 11) is 0. The van der Waals surface area contributed by atoms with E-state index in [0.29, 0.717) is 19.4 Å². The topological polar surface area (TPSA) is 63.6 Å². The second-order valence-electron chi connectivity index (χ2n) is 3.73. The quantitative estimate of drug-likeness (QED) is 0.473. The van der Waals surface area contributed by atoms with E-state index in [4.69, 9.17) is 9.84 Å². The van der Waals surface area contributed by atoms with E-state index in [9.17, 15) is 9.59 Å². The van der Waals surface area contributed by atoms with Gasteiger partial charge in [0, 0.05) is 19.6 Å². The number of carboxylic acid groups (broad SMARTS) is 1. The van der Waals surface area contributed by atoms with Crippen LogP contribution in [0.25, 0.3) is 0 Å². The van der Waals surface area contributed by atoms with Crippen molar-refractivity contribution in [1.29, 1.82) is 0 Å². The van der Waals surface area contributed by atoms with E-state index in [1.807, 2.05) is 0 Å². The number of hydrogen-bond acceptors (Lipinski definition) is 3. The van der Waals surface area contributed by atoms with E-state index in [1.54, 1.807) is 0 Å². The second kappa shape index (κ2) is 5.75. The molecule has 1 aliphatic carbocycles. The van der Waals surface area contributed by atoms with Gasteiger partial charge >= 0.3 is 5.97 Å². The maximum Gasteiger partial charge on any atom is 0.310 e. The van der Waals surface area contributed by atoms with Crippen molar-refractivity contribution in [3.63, 3.8) is 0 Å². The summed E-state index contributed by atoms with van der Waals surface area (Å²) in [5.74, 6) is -0.522. The van der Waals surface area contributed by atoms with Gasteiger partial charge in [-0.1, -0.05) is 0 Å². The summed E-state index contributed by atoms with van der Waals surface area (Å²) < 4.78 is 5.31. The number of carbonyl (C=O) groups is 2. The molecular weight excluding hydrogens is 184 g/mol. The molecule has 80 valence electrons. The second-order valence-corrected chi connectivity index (χ2v) is 3.73. The Morgan fingerprint density at radius 1 is 1.36 bits per heavy atom. The predicted octanol–water partition coefficient (Wildman–Crippen LogP) is 1.24. The van der Waals surface area contributed by atoms with Crippen LogP contribution in [0.2, 0.25) is 0 Å². The Balaban J connectivity index is 1.86. The minimum Gasteiger partial charge on any atom is -0.481 e. The van der Waals surface area contributed by atoms with Crippen LogP contribution in [0.5, 0.6) is 0 Å². The third kappa shape index (κ3) is 5.70. The molecule has 0 atom stereocenters. The molecule has 0 aromatic carbocycles. The standard InChI is InChI=1S/C10H16O4/c11-9(6-10(12)13)2-1-5-14-7-8-3-4-8/h8H,1-7H2,(H,12,13). The predicted molar refractivity (Wildman–Crippen MR) is 50.0 cm³/mol.